The molecule has 2 aromatic carbocycles. The minimum atomic E-state index is 0.107. The first-order valence-corrected chi connectivity index (χ1v) is 6.41. The predicted molar refractivity (Wildman–Crippen MR) is 79.3 cm³/mol. The van der Waals surface area contributed by atoms with Gasteiger partial charge in [0.2, 0.25) is 5.22 Å². The number of para-hydroxylation sites is 1. The topological polar surface area (TPSA) is 9.23 Å². The average molecular weight is 289 g/mol. The van der Waals surface area contributed by atoms with Gasteiger partial charge in [0.15, 0.2) is 0 Å². The molecular weight excluding hydrogens is 279 g/mol. The Balaban J connectivity index is 2.29. The summed E-state index contributed by atoms with van der Waals surface area (Å²) in [6.45, 7) is 0. The Bertz CT molecular complexity index is 637. The van der Waals surface area contributed by atoms with Gasteiger partial charge in [0.1, 0.15) is 5.75 Å². The number of ether oxygens (including phenoxy) is 1. The molecule has 0 saturated carbocycles. The van der Waals surface area contributed by atoms with Crippen LogP contribution < -0.4 is 4.74 Å². The van der Waals surface area contributed by atoms with Gasteiger partial charge < -0.3 is 4.74 Å². The molecule has 3 heteroatoms. The summed E-state index contributed by atoms with van der Waals surface area (Å²) in [5, 5.41) is 0.107. The zero-order chi connectivity index (χ0) is 13.5. The van der Waals surface area contributed by atoms with Crippen molar-refractivity contribution >= 4 is 23.2 Å². The Labute approximate surface area is 122 Å². The Morgan fingerprint density at radius 3 is 2.37 bits per heavy atom. The number of halogens is 2. The maximum atomic E-state index is 5.75. The quantitative estimate of drug-likeness (QED) is 0.573. The summed E-state index contributed by atoms with van der Waals surface area (Å²) < 4.78 is 5.38. The molecule has 0 unspecified atom stereocenters. The Morgan fingerprint density at radius 1 is 0.947 bits per heavy atom. The Hall–Kier alpha value is -1.88. The van der Waals surface area contributed by atoms with E-state index >= 15 is 0 Å². The number of hydrogen-bond acceptors (Lipinski definition) is 1. The van der Waals surface area contributed by atoms with Gasteiger partial charge in [-0.3, -0.25) is 0 Å². The molecule has 19 heavy (non-hydrogen) atoms. The van der Waals surface area contributed by atoms with Crippen molar-refractivity contribution in [1.29, 1.82) is 0 Å². The van der Waals surface area contributed by atoms with Crippen LogP contribution in [0.25, 0.3) is 0 Å². The molecule has 0 fully saturated rings. The molecule has 0 spiro atoms. The fraction of sp³-hybridized carbons (Fsp3) is 0. The predicted octanol–water partition coefficient (Wildman–Crippen LogP) is 4.74. The van der Waals surface area contributed by atoms with Gasteiger partial charge in [0.25, 0.3) is 0 Å². The lowest BCUT2D eigenvalue weighted by Gasteiger charge is -2.04. The molecule has 0 saturated heterocycles. The van der Waals surface area contributed by atoms with E-state index in [-0.39, 0.29) is 5.22 Å². The molecule has 94 valence electrons. The lowest BCUT2D eigenvalue weighted by molar-refractivity contribution is 0.462. The van der Waals surface area contributed by atoms with Gasteiger partial charge in [-0.15, -0.1) is 0 Å². The standard InChI is InChI=1S/C16H10Cl2O/c17-12-16(18)19-15-9-5-4-8-14(15)11-10-13-6-2-1-3-7-13/h1-9,12H/b16-12+. The molecule has 0 aliphatic rings. The van der Waals surface area contributed by atoms with Crippen LogP contribution in [0.5, 0.6) is 5.75 Å². The molecule has 0 amide bonds. The van der Waals surface area contributed by atoms with Gasteiger partial charge in [-0.05, 0) is 35.9 Å². The minimum Gasteiger partial charge on any atom is -0.443 e. The van der Waals surface area contributed by atoms with Crippen LogP contribution in [-0.4, -0.2) is 0 Å². The first kappa shape index (κ1) is 13.5. The van der Waals surface area contributed by atoms with E-state index in [0.717, 1.165) is 11.1 Å². The van der Waals surface area contributed by atoms with Crippen molar-refractivity contribution < 1.29 is 4.74 Å². The fourth-order valence-corrected chi connectivity index (χ4v) is 1.57. The first-order chi connectivity index (χ1) is 9.29. The summed E-state index contributed by atoms with van der Waals surface area (Å²) in [6.07, 6.45) is 0. The van der Waals surface area contributed by atoms with Gasteiger partial charge in [0.05, 0.1) is 11.1 Å². The normalized spacial score (nSPS) is 10.5. The van der Waals surface area contributed by atoms with Crippen LogP contribution in [0.2, 0.25) is 0 Å². The van der Waals surface area contributed by atoms with Crippen LogP contribution in [0.4, 0.5) is 0 Å². The van der Waals surface area contributed by atoms with Gasteiger partial charge in [-0.1, -0.05) is 53.8 Å². The van der Waals surface area contributed by atoms with Crippen LogP contribution in [0, 0.1) is 11.8 Å². The van der Waals surface area contributed by atoms with Crippen molar-refractivity contribution in [3.8, 4) is 17.6 Å². The number of benzene rings is 2. The van der Waals surface area contributed by atoms with E-state index in [9.17, 15) is 0 Å². The molecule has 0 aliphatic heterocycles. The first-order valence-electron chi connectivity index (χ1n) is 5.59. The summed E-state index contributed by atoms with van der Waals surface area (Å²) in [5.41, 5.74) is 2.86. The summed E-state index contributed by atoms with van der Waals surface area (Å²) in [6, 6.07) is 17.1. The van der Waals surface area contributed by atoms with Crippen LogP contribution in [0.3, 0.4) is 0 Å². The molecule has 1 nitrogen and oxygen atoms in total. The maximum Gasteiger partial charge on any atom is 0.205 e. The van der Waals surface area contributed by atoms with Gasteiger partial charge in [-0.25, -0.2) is 0 Å². The van der Waals surface area contributed by atoms with Crippen molar-refractivity contribution in [3.05, 3.63) is 76.5 Å². The highest BCUT2D eigenvalue weighted by Gasteiger charge is 2.02. The summed E-state index contributed by atoms with van der Waals surface area (Å²) in [7, 11) is 0. The molecule has 2 rings (SSSR count). The van der Waals surface area contributed by atoms with Crippen molar-refractivity contribution in [3.63, 3.8) is 0 Å². The van der Waals surface area contributed by atoms with Gasteiger partial charge in [0, 0.05) is 5.56 Å². The lowest BCUT2D eigenvalue weighted by Crippen LogP contribution is -1.90. The van der Waals surface area contributed by atoms with Crippen LogP contribution in [-0.2, 0) is 0 Å². The highest BCUT2D eigenvalue weighted by atomic mass is 35.5. The maximum absolute atomic E-state index is 5.75. The van der Waals surface area contributed by atoms with Gasteiger partial charge in [-0.2, -0.15) is 0 Å². The van der Waals surface area contributed by atoms with Gasteiger partial charge >= 0.3 is 0 Å². The Kier molecular flexibility index (Phi) is 4.92. The highest BCUT2D eigenvalue weighted by molar-refractivity contribution is 6.35. The molecule has 0 radical (unpaired) electrons. The second-order valence-electron chi connectivity index (χ2n) is 3.63. The van der Waals surface area contributed by atoms with E-state index in [0.29, 0.717) is 5.75 Å². The molecule has 0 aromatic heterocycles. The largest absolute Gasteiger partial charge is 0.443 e. The van der Waals surface area contributed by atoms with E-state index < -0.39 is 0 Å². The van der Waals surface area contributed by atoms with Crippen LogP contribution >= 0.6 is 23.2 Å². The lowest BCUT2D eigenvalue weighted by atomic mass is 10.1. The second-order valence-corrected chi connectivity index (χ2v) is 4.22. The third-order valence-corrected chi connectivity index (χ3v) is 2.79. The van der Waals surface area contributed by atoms with E-state index in [1.54, 1.807) is 6.07 Å². The van der Waals surface area contributed by atoms with Crippen molar-refractivity contribution in [2.24, 2.45) is 0 Å². The third-order valence-electron chi connectivity index (χ3n) is 2.30. The van der Waals surface area contributed by atoms with Crippen molar-refractivity contribution in [1.82, 2.24) is 0 Å². The van der Waals surface area contributed by atoms with Crippen molar-refractivity contribution in [2.75, 3.05) is 0 Å². The molecule has 0 N–H and O–H groups in total. The van der Waals surface area contributed by atoms with E-state index in [1.807, 2.05) is 48.5 Å². The van der Waals surface area contributed by atoms with E-state index in [2.05, 4.69) is 11.8 Å². The highest BCUT2D eigenvalue weighted by Crippen LogP contribution is 2.21. The molecule has 0 atom stereocenters. The smallest absolute Gasteiger partial charge is 0.205 e. The average Bonchev–Trinajstić information content (AvgIpc) is 2.47. The third kappa shape index (κ3) is 4.06. The van der Waals surface area contributed by atoms with Crippen molar-refractivity contribution in [2.45, 2.75) is 0 Å². The van der Waals surface area contributed by atoms with Crippen LogP contribution in [0.15, 0.2) is 65.4 Å². The molecule has 2 aromatic rings. The fourth-order valence-electron chi connectivity index (χ4n) is 1.45. The van der Waals surface area contributed by atoms with E-state index in [4.69, 9.17) is 27.9 Å². The Morgan fingerprint density at radius 2 is 1.63 bits per heavy atom. The molecular formula is C16H10Cl2O. The monoisotopic (exact) mass is 288 g/mol. The zero-order valence-electron chi connectivity index (χ0n) is 9.94. The molecule has 0 aliphatic carbocycles. The van der Waals surface area contributed by atoms with Crippen LogP contribution in [0.1, 0.15) is 11.1 Å². The minimum absolute atomic E-state index is 0.107. The summed E-state index contributed by atoms with van der Waals surface area (Å²) >= 11 is 11.2. The molecule has 0 bridgehead atoms. The van der Waals surface area contributed by atoms with E-state index in [1.165, 1.54) is 5.54 Å². The second kappa shape index (κ2) is 6.89. The SMILES string of the molecule is Cl/C=C(\Cl)Oc1ccccc1C#Cc1ccccc1. The summed E-state index contributed by atoms with van der Waals surface area (Å²) in [5.74, 6) is 6.70. The number of hydrogen-bond donors (Lipinski definition) is 0. The zero-order valence-corrected chi connectivity index (χ0v) is 11.4. The summed E-state index contributed by atoms with van der Waals surface area (Å²) in [4.78, 5) is 0. The molecule has 0 heterocycles. The number of rotatable bonds is 2.